The first-order valence-electron chi connectivity index (χ1n) is 8.22. The lowest BCUT2D eigenvalue weighted by Crippen LogP contribution is -2.40. The third kappa shape index (κ3) is 2.75. The molecule has 0 unspecified atom stereocenters. The van der Waals surface area contributed by atoms with E-state index in [-0.39, 0.29) is 24.9 Å². The fourth-order valence-electron chi connectivity index (χ4n) is 3.38. The van der Waals surface area contributed by atoms with Crippen molar-refractivity contribution in [1.82, 2.24) is 15.1 Å². The van der Waals surface area contributed by atoms with Crippen molar-refractivity contribution in [2.24, 2.45) is 5.41 Å². The maximum Gasteiger partial charge on any atom is 0.316 e. The number of carbonyl (C=O) groups is 1. The molecule has 1 saturated heterocycles. The molecular formula is C17H18F2N4O2. The van der Waals surface area contributed by atoms with Gasteiger partial charge >= 0.3 is 6.01 Å². The maximum absolute atomic E-state index is 13.5. The molecule has 2 aliphatic rings. The van der Waals surface area contributed by atoms with E-state index >= 15 is 0 Å². The number of nitrogens with zero attached hydrogens (tertiary/aromatic N) is 3. The van der Waals surface area contributed by atoms with E-state index in [4.69, 9.17) is 4.42 Å². The van der Waals surface area contributed by atoms with Crippen LogP contribution < -0.4 is 5.32 Å². The summed E-state index contributed by atoms with van der Waals surface area (Å²) in [6.07, 6.45) is 0.243. The third-order valence-electron chi connectivity index (χ3n) is 5.03. The fourth-order valence-corrected chi connectivity index (χ4v) is 3.38. The fraction of sp³-hybridized carbons (Fsp3) is 0.471. The van der Waals surface area contributed by atoms with E-state index in [1.54, 1.807) is 6.92 Å². The summed E-state index contributed by atoms with van der Waals surface area (Å²) in [6.45, 7) is 2.13. The Morgan fingerprint density at radius 2 is 2.04 bits per heavy atom. The van der Waals surface area contributed by atoms with E-state index in [2.05, 4.69) is 15.5 Å². The predicted molar refractivity (Wildman–Crippen MR) is 86.0 cm³/mol. The van der Waals surface area contributed by atoms with Crippen molar-refractivity contribution in [3.8, 4) is 11.5 Å². The number of aromatic nitrogens is 2. The highest BCUT2D eigenvalue weighted by atomic mass is 19.3. The minimum Gasteiger partial charge on any atom is -0.403 e. The molecule has 1 aliphatic heterocycles. The quantitative estimate of drug-likeness (QED) is 0.920. The second-order valence-electron chi connectivity index (χ2n) is 6.82. The van der Waals surface area contributed by atoms with Gasteiger partial charge in [-0.15, -0.1) is 5.10 Å². The molecule has 132 valence electrons. The van der Waals surface area contributed by atoms with Gasteiger partial charge in [0.25, 0.3) is 5.92 Å². The Morgan fingerprint density at radius 1 is 1.32 bits per heavy atom. The Morgan fingerprint density at radius 3 is 2.68 bits per heavy atom. The van der Waals surface area contributed by atoms with Crippen molar-refractivity contribution >= 4 is 11.9 Å². The predicted octanol–water partition coefficient (Wildman–Crippen LogP) is 2.79. The van der Waals surface area contributed by atoms with Gasteiger partial charge in [-0.25, -0.2) is 8.78 Å². The zero-order valence-corrected chi connectivity index (χ0v) is 13.7. The van der Waals surface area contributed by atoms with E-state index in [9.17, 15) is 13.6 Å². The zero-order valence-electron chi connectivity index (χ0n) is 13.7. The molecule has 2 heterocycles. The topological polar surface area (TPSA) is 71.3 Å². The Kier molecular flexibility index (Phi) is 3.52. The van der Waals surface area contributed by atoms with E-state index in [1.165, 1.54) is 4.90 Å². The molecule has 1 amide bonds. The van der Waals surface area contributed by atoms with Gasteiger partial charge in [0, 0.05) is 25.1 Å². The molecule has 25 heavy (non-hydrogen) atoms. The Labute approximate surface area is 143 Å². The Balaban J connectivity index is 1.39. The SMILES string of the molecule is C[C@H](Nc1nnc(-c2ccccc2)o1)C(=O)N1CC[C@]2(C1)CC2(F)F. The van der Waals surface area contributed by atoms with E-state index in [0.29, 0.717) is 18.9 Å². The standard InChI is InChI=1S/C17H18F2N4O2/c1-11(14(24)23-8-7-16(10-23)9-17(16,18)19)20-15-22-21-13(25-15)12-5-3-2-4-6-12/h2-6,11H,7-10H2,1H3,(H,20,22)/t11-,16+/m0/s1. The smallest absolute Gasteiger partial charge is 0.316 e. The number of halogens is 2. The second kappa shape index (κ2) is 5.50. The van der Waals surface area contributed by atoms with Crippen LogP contribution in [0, 0.1) is 5.41 Å². The van der Waals surface area contributed by atoms with Crippen LogP contribution in [0.4, 0.5) is 14.8 Å². The maximum atomic E-state index is 13.5. The number of alkyl halides is 2. The summed E-state index contributed by atoms with van der Waals surface area (Å²) in [7, 11) is 0. The molecule has 1 N–H and O–H groups in total. The van der Waals surface area contributed by atoms with Gasteiger partial charge in [-0.2, -0.15) is 0 Å². The summed E-state index contributed by atoms with van der Waals surface area (Å²) in [4.78, 5) is 14.0. The van der Waals surface area contributed by atoms with E-state index < -0.39 is 17.4 Å². The van der Waals surface area contributed by atoms with Crippen molar-refractivity contribution in [1.29, 1.82) is 0 Å². The van der Waals surface area contributed by atoms with Gasteiger partial charge < -0.3 is 14.6 Å². The monoisotopic (exact) mass is 348 g/mol. The minimum absolute atomic E-state index is 0.115. The number of likely N-dealkylation sites (tertiary alicyclic amines) is 1. The summed E-state index contributed by atoms with van der Waals surface area (Å²) in [5, 5.41) is 10.7. The molecule has 4 rings (SSSR count). The second-order valence-corrected chi connectivity index (χ2v) is 6.82. The number of nitrogens with one attached hydrogen (secondary N) is 1. The van der Waals surface area contributed by atoms with Gasteiger partial charge in [0.05, 0.1) is 5.41 Å². The van der Waals surface area contributed by atoms with Crippen molar-refractivity contribution < 1.29 is 18.0 Å². The lowest BCUT2D eigenvalue weighted by atomic mass is 10.1. The molecular weight excluding hydrogens is 330 g/mol. The first kappa shape index (κ1) is 16.0. The highest BCUT2D eigenvalue weighted by molar-refractivity contribution is 5.84. The molecule has 0 radical (unpaired) electrons. The highest BCUT2D eigenvalue weighted by Crippen LogP contribution is 2.65. The molecule has 8 heteroatoms. The Hall–Kier alpha value is -2.51. The molecule has 1 aliphatic carbocycles. The van der Waals surface area contributed by atoms with Gasteiger partial charge in [-0.1, -0.05) is 23.3 Å². The number of hydrogen-bond donors (Lipinski definition) is 1. The number of benzene rings is 1. The van der Waals surface area contributed by atoms with Crippen LogP contribution in [0.2, 0.25) is 0 Å². The molecule has 6 nitrogen and oxygen atoms in total. The minimum atomic E-state index is -2.63. The van der Waals surface area contributed by atoms with Crippen LogP contribution in [0.25, 0.3) is 11.5 Å². The van der Waals surface area contributed by atoms with Gasteiger partial charge in [-0.3, -0.25) is 4.79 Å². The average molecular weight is 348 g/mol. The molecule has 1 spiro atoms. The van der Waals surface area contributed by atoms with Crippen LogP contribution >= 0.6 is 0 Å². The average Bonchev–Trinajstić information content (AvgIpc) is 3.00. The zero-order chi connectivity index (χ0) is 17.7. The summed E-state index contributed by atoms with van der Waals surface area (Å²) in [6, 6.07) is 8.77. The van der Waals surface area contributed by atoms with Crippen LogP contribution in [-0.4, -0.2) is 46.1 Å². The number of hydrogen-bond acceptors (Lipinski definition) is 5. The molecule has 0 bridgehead atoms. The van der Waals surface area contributed by atoms with Gasteiger partial charge in [-0.05, 0) is 25.5 Å². The van der Waals surface area contributed by atoms with Crippen molar-refractivity contribution in [2.45, 2.75) is 31.7 Å². The summed E-state index contributed by atoms with van der Waals surface area (Å²) in [5.41, 5.74) is -0.215. The van der Waals surface area contributed by atoms with Gasteiger partial charge in [0.2, 0.25) is 11.8 Å². The molecule has 2 aromatic rings. The number of carbonyl (C=O) groups excluding carboxylic acids is 1. The lowest BCUT2D eigenvalue weighted by molar-refractivity contribution is -0.131. The summed E-state index contributed by atoms with van der Waals surface area (Å²) in [5.74, 6) is -2.52. The molecule has 1 saturated carbocycles. The van der Waals surface area contributed by atoms with Gasteiger partial charge in [0.1, 0.15) is 6.04 Å². The third-order valence-corrected chi connectivity index (χ3v) is 5.03. The summed E-state index contributed by atoms with van der Waals surface area (Å²) < 4.78 is 32.4. The molecule has 1 aromatic carbocycles. The number of amides is 1. The highest BCUT2D eigenvalue weighted by Gasteiger charge is 2.73. The Bertz CT molecular complexity index is 795. The van der Waals surface area contributed by atoms with Crippen molar-refractivity contribution in [3.63, 3.8) is 0 Å². The van der Waals surface area contributed by atoms with E-state index in [1.807, 2.05) is 30.3 Å². The first-order valence-corrected chi connectivity index (χ1v) is 8.22. The van der Waals surface area contributed by atoms with Crippen LogP contribution in [0.5, 0.6) is 0 Å². The summed E-state index contributed by atoms with van der Waals surface area (Å²) >= 11 is 0. The largest absolute Gasteiger partial charge is 0.403 e. The molecule has 2 fully saturated rings. The van der Waals surface area contributed by atoms with Crippen LogP contribution in [0.15, 0.2) is 34.7 Å². The van der Waals surface area contributed by atoms with Crippen LogP contribution in [0.1, 0.15) is 19.8 Å². The van der Waals surface area contributed by atoms with E-state index in [0.717, 1.165) is 5.56 Å². The van der Waals surface area contributed by atoms with Crippen LogP contribution in [-0.2, 0) is 4.79 Å². The molecule has 1 aromatic heterocycles. The number of anilines is 1. The van der Waals surface area contributed by atoms with Gasteiger partial charge in [0.15, 0.2) is 0 Å². The van der Waals surface area contributed by atoms with Crippen LogP contribution in [0.3, 0.4) is 0 Å². The first-order chi connectivity index (χ1) is 11.9. The van der Waals surface area contributed by atoms with Crippen molar-refractivity contribution in [2.75, 3.05) is 18.4 Å². The lowest BCUT2D eigenvalue weighted by Gasteiger charge is -2.21. The number of rotatable bonds is 4. The molecule has 2 atom stereocenters. The normalized spacial score (nSPS) is 25.2. The van der Waals surface area contributed by atoms with Crippen molar-refractivity contribution in [3.05, 3.63) is 30.3 Å².